The second-order valence-corrected chi connectivity index (χ2v) is 9.50. The summed E-state index contributed by atoms with van der Waals surface area (Å²) in [5.41, 5.74) is 3.74. The van der Waals surface area contributed by atoms with Gasteiger partial charge in [0.25, 0.3) is 5.56 Å². The molecule has 1 unspecified atom stereocenters. The summed E-state index contributed by atoms with van der Waals surface area (Å²) < 4.78 is 1.41. The lowest BCUT2D eigenvalue weighted by Gasteiger charge is -2.33. The summed E-state index contributed by atoms with van der Waals surface area (Å²) in [5.74, 6) is 0.695. The van der Waals surface area contributed by atoms with E-state index in [4.69, 9.17) is 0 Å². The molecule has 1 aromatic heterocycles. The van der Waals surface area contributed by atoms with E-state index < -0.39 is 6.10 Å². The van der Waals surface area contributed by atoms with E-state index in [0.717, 1.165) is 43.7 Å². The third-order valence-electron chi connectivity index (χ3n) is 6.92. The molecule has 2 aliphatic heterocycles. The van der Waals surface area contributed by atoms with Crippen molar-refractivity contribution in [2.24, 2.45) is 5.92 Å². The average Bonchev–Trinajstić information content (AvgIpc) is 2.80. The van der Waals surface area contributed by atoms with Crippen molar-refractivity contribution in [3.05, 3.63) is 70.1 Å². The van der Waals surface area contributed by atoms with Crippen LogP contribution in [0.3, 0.4) is 0 Å². The lowest BCUT2D eigenvalue weighted by atomic mass is 9.99. The van der Waals surface area contributed by atoms with Gasteiger partial charge in [0.2, 0.25) is 0 Å². The van der Waals surface area contributed by atoms with Crippen LogP contribution in [0.2, 0.25) is 0 Å². The maximum Gasteiger partial charge on any atom is 0.274 e. The Balaban J connectivity index is 1.27. The summed E-state index contributed by atoms with van der Waals surface area (Å²) in [5, 5.41) is 16.6. The van der Waals surface area contributed by atoms with Gasteiger partial charge >= 0.3 is 0 Å². The number of anilines is 1. The van der Waals surface area contributed by atoms with Gasteiger partial charge in [-0.1, -0.05) is 31.2 Å². The van der Waals surface area contributed by atoms with Crippen LogP contribution < -0.4 is 10.5 Å². The molecule has 6 heteroatoms. The number of hydrogen-bond acceptors (Lipinski definition) is 5. The van der Waals surface area contributed by atoms with Crippen LogP contribution in [0.5, 0.6) is 0 Å². The Morgan fingerprint density at radius 1 is 1.12 bits per heavy atom. The van der Waals surface area contributed by atoms with Gasteiger partial charge in [-0.05, 0) is 54.5 Å². The van der Waals surface area contributed by atoms with Crippen LogP contribution in [0.1, 0.15) is 30.9 Å². The first kappa shape index (κ1) is 21.2. The smallest absolute Gasteiger partial charge is 0.274 e. The van der Waals surface area contributed by atoms with E-state index in [1.165, 1.54) is 28.7 Å². The van der Waals surface area contributed by atoms with Crippen molar-refractivity contribution in [2.75, 3.05) is 31.1 Å². The van der Waals surface area contributed by atoms with E-state index in [9.17, 15) is 9.90 Å². The molecular weight excluding hydrogens is 400 g/mol. The van der Waals surface area contributed by atoms with Crippen LogP contribution >= 0.6 is 0 Å². The van der Waals surface area contributed by atoms with Crippen molar-refractivity contribution in [1.29, 1.82) is 0 Å². The SMILES string of the molecule is CC1CCCN(c2ccc3c(=O)n(C[C@H](O)CN4CCc5ccccc5C4)ncc3c2)C1. The normalized spacial score (nSPS) is 20.3. The van der Waals surface area contributed by atoms with Crippen LogP contribution in [0.15, 0.2) is 53.5 Å². The van der Waals surface area contributed by atoms with Crippen molar-refractivity contribution in [2.45, 2.75) is 45.4 Å². The molecule has 0 spiro atoms. The fourth-order valence-corrected chi connectivity index (χ4v) is 5.19. The molecule has 2 aromatic carbocycles. The maximum absolute atomic E-state index is 13.0. The molecule has 2 aliphatic rings. The molecule has 6 nitrogen and oxygen atoms in total. The monoisotopic (exact) mass is 432 g/mol. The maximum atomic E-state index is 13.0. The Morgan fingerprint density at radius 2 is 1.97 bits per heavy atom. The van der Waals surface area contributed by atoms with E-state index in [2.05, 4.69) is 52.2 Å². The minimum absolute atomic E-state index is 0.135. The predicted octanol–water partition coefficient (Wildman–Crippen LogP) is 3.05. The van der Waals surface area contributed by atoms with Crippen LogP contribution in [0.4, 0.5) is 5.69 Å². The van der Waals surface area contributed by atoms with Crippen molar-refractivity contribution < 1.29 is 5.11 Å². The largest absolute Gasteiger partial charge is 0.390 e. The van der Waals surface area contributed by atoms with Crippen molar-refractivity contribution in [3.8, 4) is 0 Å². The van der Waals surface area contributed by atoms with Gasteiger partial charge in [-0.25, -0.2) is 4.68 Å². The van der Waals surface area contributed by atoms with Gasteiger partial charge in [-0.15, -0.1) is 0 Å². The first-order valence-corrected chi connectivity index (χ1v) is 11.8. The molecule has 168 valence electrons. The number of nitrogens with zero attached hydrogens (tertiary/aromatic N) is 4. The van der Waals surface area contributed by atoms with E-state index in [1.54, 1.807) is 6.20 Å². The molecule has 2 atom stereocenters. The quantitative estimate of drug-likeness (QED) is 0.672. The van der Waals surface area contributed by atoms with Gasteiger partial charge in [0.15, 0.2) is 0 Å². The van der Waals surface area contributed by atoms with E-state index >= 15 is 0 Å². The number of aliphatic hydroxyl groups is 1. The second kappa shape index (κ2) is 9.04. The summed E-state index contributed by atoms with van der Waals surface area (Å²) >= 11 is 0. The molecule has 0 aliphatic carbocycles. The highest BCUT2D eigenvalue weighted by molar-refractivity contribution is 5.84. The number of rotatable bonds is 5. The molecule has 5 rings (SSSR count). The fourth-order valence-electron chi connectivity index (χ4n) is 5.19. The zero-order valence-corrected chi connectivity index (χ0v) is 18.8. The molecule has 32 heavy (non-hydrogen) atoms. The number of benzene rings is 2. The molecule has 1 saturated heterocycles. The zero-order chi connectivity index (χ0) is 22.1. The van der Waals surface area contributed by atoms with Gasteiger partial charge in [0.05, 0.1) is 24.2 Å². The summed E-state index contributed by atoms with van der Waals surface area (Å²) in [6, 6.07) is 14.5. The number of aliphatic hydroxyl groups excluding tert-OH is 1. The molecule has 1 fully saturated rings. The Morgan fingerprint density at radius 3 is 2.81 bits per heavy atom. The van der Waals surface area contributed by atoms with E-state index in [1.807, 2.05) is 12.1 Å². The van der Waals surface area contributed by atoms with Crippen molar-refractivity contribution in [1.82, 2.24) is 14.7 Å². The number of β-amino-alcohol motifs (C(OH)–C–C–N with tert-alkyl or cyclic N) is 1. The fraction of sp³-hybridized carbons (Fsp3) is 0.462. The van der Waals surface area contributed by atoms with Crippen molar-refractivity contribution in [3.63, 3.8) is 0 Å². The third kappa shape index (κ3) is 4.43. The molecule has 1 N–H and O–H groups in total. The van der Waals surface area contributed by atoms with E-state index in [0.29, 0.717) is 17.8 Å². The molecule has 3 heterocycles. The number of hydrogen-bond donors (Lipinski definition) is 1. The Labute approximate surface area is 189 Å². The minimum atomic E-state index is -0.642. The molecule has 0 radical (unpaired) electrons. The summed E-state index contributed by atoms with van der Waals surface area (Å²) in [6.07, 6.45) is 4.60. The first-order valence-electron chi connectivity index (χ1n) is 11.8. The summed E-state index contributed by atoms with van der Waals surface area (Å²) in [4.78, 5) is 17.7. The van der Waals surface area contributed by atoms with Gasteiger partial charge in [0, 0.05) is 43.8 Å². The Bertz CT molecular complexity index is 1160. The Hall–Kier alpha value is -2.70. The summed E-state index contributed by atoms with van der Waals surface area (Å²) in [6.45, 7) is 6.92. The third-order valence-corrected chi connectivity index (χ3v) is 6.92. The predicted molar refractivity (Wildman–Crippen MR) is 128 cm³/mol. The van der Waals surface area contributed by atoms with Crippen LogP contribution in [0.25, 0.3) is 10.8 Å². The lowest BCUT2D eigenvalue weighted by molar-refractivity contribution is 0.0878. The number of aromatic nitrogens is 2. The van der Waals surface area contributed by atoms with E-state index in [-0.39, 0.29) is 12.1 Å². The minimum Gasteiger partial charge on any atom is -0.390 e. The number of fused-ring (bicyclic) bond motifs is 2. The first-order chi connectivity index (χ1) is 15.6. The topological polar surface area (TPSA) is 61.6 Å². The van der Waals surface area contributed by atoms with Crippen molar-refractivity contribution >= 4 is 16.5 Å². The molecule has 0 amide bonds. The van der Waals surface area contributed by atoms with Gasteiger partial charge in [0.1, 0.15) is 0 Å². The second-order valence-electron chi connectivity index (χ2n) is 9.50. The highest BCUT2D eigenvalue weighted by Gasteiger charge is 2.20. The zero-order valence-electron chi connectivity index (χ0n) is 18.8. The molecule has 0 bridgehead atoms. The lowest BCUT2D eigenvalue weighted by Crippen LogP contribution is -2.40. The summed E-state index contributed by atoms with van der Waals surface area (Å²) in [7, 11) is 0. The number of piperidine rings is 1. The van der Waals surface area contributed by atoms with Gasteiger partial charge in [-0.3, -0.25) is 9.69 Å². The van der Waals surface area contributed by atoms with Crippen LogP contribution in [-0.4, -0.2) is 52.1 Å². The highest BCUT2D eigenvalue weighted by atomic mass is 16.3. The van der Waals surface area contributed by atoms with Gasteiger partial charge < -0.3 is 10.0 Å². The average molecular weight is 433 g/mol. The standard InChI is InChI=1S/C26H32N4O2/c1-19-5-4-11-29(15-19)23-8-9-25-22(13-23)14-27-30(26(25)32)18-24(31)17-28-12-10-20-6-2-3-7-21(20)16-28/h2-3,6-9,13-14,19,24,31H,4-5,10-12,15-18H2,1H3/t19?,24-/m1/s1. The Kier molecular flexibility index (Phi) is 5.98. The molecule has 0 saturated carbocycles. The van der Waals surface area contributed by atoms with Crippen LogP contribution in [0, 0.1) is 5.92 Å². The highest BCUT2D eigenvalue weighted by Crippen LogP contribution is 2.25. The molecule has 3 aromatic rings. The van der Waals surface area contributed by atoms with Crippen LogP contribution in [-0.2, 0) is 19.5 Å². The molecular formula is C26H32N4O2. The van der Waals surface area contributed by atoms with Gasteiger partial charge in [-0.2, -0.15) is 5.10 Å².